The first kappa shape index (κ1) is 88.7. The van der Waals surface area contributed by atoms with Gasteiger partial charge in [0.25, 0.3) is 23.0 Å². The molecular weight excluding hydrogens is 1450 g/mol. The van der Waals surface area contributed by atoms with Crippen molar-refractivity contribution in [2.75, 3.05) is 65.8 Å². The van der Waals surface area contributed by atoms with E-state index in [2.05, 4.69) is 69.4 Å². The average molecular weight is 1520 g/mol. The fraction of sp³-hybridized carbons (Fsp3) is 0.218. The number of hydrogen-bond acceptors (Lipinski definition) is 22. The number of hydrogen-bond donors (Lipinski definition) is 6. The molecule has 0 saturated heterocycles. The van der Waals surface area contributed by atoms with Crippen LogP contribution in [0.4, 0.5) is 25.7 Å². The smallest absolute Gasteiger partial charge is 0.796 e. The summed E-state index contributed by atoms with van der Waals surface area (Å²) in [6, 6.07) is 35.6. The van der Waals surface area contributed by atoms with Crippen molar-refractivity contribution in [1.29, 1.82) is 0 Å². The fourth-order valence-electron chi connectivity index (χ4n) is 4.79. The summed E-state index contributed by atoms with van der Waals surface area (Å²) in [5.41, 5.74) is 12.9. The van der Waals surface area contributed by atoms with E-state index in [1.54, 1.807) is 146 Å². The van der Waals surface area contributed by atoms with Gasteiger partial charge in [-0.1, -0.05) is 183 Å². The molecule has 86 heavy (non-hydrogen) atoms. The van der Waals surface area contributed by atoms with E-state index in [-0.39, 0.29) is 64.3 Å². The topological polar surface area (TPSA) is 275 Å². The SMILES string of the molecule is Br.CC.CC.CC.CO.CS(=O)c1cnc(NC(=O)c2ccccc2)s1.CS(=O)c1cnc(NC(=O)c2ccccc2)s1.CSc1cnc(N)s1.CSc1cnc(NC(=O)c2ccccc2)s1.C[S-].Nc1ncc(Br)s1.O=C(Cl)c1ccccc1.[Na+]. The van der Waals surface area contributed by atoms with Gasteiger partial charge < -0.3 is 29.2 Å². The van der Waals surface area contributed by atoms with Gasteiger partial charge in [-0.25, -0.2) is 24.9 Å². The van der Waals surface area contributed by atoms with E-state index < -0.39 is 26.8 Å². The first-order valence-electron chi connectivity index (χ1n) is 24.4. The molecule has 0 saturated carbocycles. The van der Waals surface area contributed by atoms with Crippen molar-refractivity contribution >= 4 is 208 Å². The number of nitrogen functional groups attached to an aromatic ring is 2. The molecule has 0 bridgehead atoms. The number of nitrogens with one attached hydrogen (secondary N) is 3. The summed E-state index contributed by atoms with van der Waals surface area (Å²) in [5.74, 6) is -0.552. The first-order valence-corrected chi connectivity index (χ1v) is 36.1. The molecule has 0 spiro atoms. The molecule has 9 rings (SSSR count). The Labute approximate surface area is 590 Å². The molecule has 0 aliphatic rings. The van der Waals surface area contributed by atoms with Gasteiger partial charge in [-0.3, -0.25) is 43.5 Å². The molecule has 0 fully saturated rings. The van der Waals surface area contributed by atoms with Crippen LogP contribution in [0, 0.1) is 0 Å². The predicted octanol–water partition coefficient (Wildman–Crippen LogP) is 12.8. The van der Waals surface area contributed by atoms with E-state index in [1.807, 2.05) is 90.5 Å². The Hall–Kier alpha value is -3.73. The molecule has 5 heterocycles. The molecule has 17 nitrogen and oxygen atoms in total. The maximum absolute atomic E-state index is 11.8. The van der Waals surface area contributed by atoms with Crippen molar-refractivity contribution in [2.24, 2.45) is 0 Å². The Bertz CT molecular complexity index is 3090. The molecule has 0 radical (unpaired) electrons. The third-order valence-corrected chi connectivity index (χ3v) is 18.2. The van der Waals surface area contributed by atoms with Crippen LogP contribution < -0.4 is 57.0 Å². The molecule has 4 aromatic carbocycles. The number of nitrogens with two attached hydrogens (primary N) is 2. The Morgan fingerprint density at radius 2 is 0.779 bits per heavy atom. The van der Waals surface area contributed by atoms with Gasteiger partial charge in [0.2, 0.25) is 0 Å². The molecule has 3 amide bonds. The van der Waals surface area contributed by atoms with Gasteiger partial charge >= 0.3 is 29.6 Å². The summed E-state index contributed by atoms with van der Waals surface area (Å²) in [6.07, 6.45) is 17.0. The summed E-state index contributed by atoms with van der Waals surface area (Å²) >= 11 is 22.6. The van der Waals surface area contributed by atoms with E-state index in [9.17, 15) is 27.6 Å². The van der Waals surface area contributed by atoms with Crippen LogP contribution in [0.3, 0.4) is 0 Å². The number of nitrogens with zero attached hydrogens (tertiary/aromatic N) is 5. The minimum absolute atomic E-state index is 0. The zero-order valence-electron chi connectivity index (χ0n) is 49.5. The summed E-state index contributed by atoms with van der Waals surface area (Å²) in [6.45, 7) is 12.0. The number of thioether (sulfide) groups is 2. The Morgan fingerprint density at radius 3 is 0.988 bits per heavy atom. The normalized spacial score (nSPS) is 9.58. The Kier molecular flexibility index (Phi) is 58.3. The maximum Gasteiger partial charge on any atom is 1.00 e. The Morgan fingerprint density at radius 1 is 0.500 bits per heavy atom. The monoisotopic (exact) mass is 1520 g/mol. The van der Waals surface area contributed by atoms with Gasteiger partial charge in [0, 0.05) is 41.9 Å². The van der Waals surface area contributed by atoms with Crippen LogP contribution >= 0.6 is 125 Å². The van der Waals surface area contributed by atoms with Gasteiger partial charge in [0.15, 0.2) is 25.7 Å². The van der Waals surface area contributed by atoms with Crippen LogP contribution in [0.5, 0.6) is 0 Å². The van der Waals surface area contributed by atoms with E-state index in [4.69, 9.17) is 28.2 Å². The number of halogens is 3. The standard InChI is InChI=1S/2C11H10N2O2S2.C11H10N2OS2.C7H5ClO.C4H6N2S2.C3H3BrN2S.3C2H6.CH4O.CH4S.BrH.Na/c2*1-17(15)9-7-12-11(16-9)13-10(14)8-5-3-2-4-6-8;1-15-9-7-12-11(16-9)13-10(14)8-5-3-2-4-6-8;8-7(9)6-4-2-1-3-5-6;1-7-3-2-6-4(5)8-3;4-2-1-6-3(5)7-2;5*1-2;;/h2*2-7H,1H3,(H,12,13,14);2-7H,1H3,(H,12,13,14);1-5H;2H,1H3,(H2,5,6);1H,(H2,5,6);3*1-2H3;2*2H,1H3;1H;/q;;;;;;;;;;;;+1/p-1. The molecule has 9 aromatic rings. The third kappa shape index (κ3) is 39.3. The second kappa shape index (κ2) is 56.5. The number of rotatable bonds is 11. The molecular formula is C55H70Br2ClN10NaO7S10. The molecule has 2 unspecified atom stereocenters. The molecule has 0 aliphatic carbocycles. The molecule has 2 atom stereocenters. The zero-order valence-corrected chi connectivity index (χ0v) is 63.7. The molecule has 5 aromatic heterocycles. The second-order valence-electron chi connectivity index (χ2n) is 13.4. The molecule has 0 aliphatic heterocycles. The number of aliphatic hydroxyl groups excluding tert-OH is 1. The third-order valence-electron chi connectivity index (χ3n) is 8.19. The van der Waals surface area contributed by atoms with E-state index >= 15 is 0 Å². The van der Waals surface area contributed by atoms with Crippen LogP contribution in [0.2, 0.25) is 0 Å². The number of aliphatic hydroxyl groups is 1. The second-order valence-corrected chi connectivity index (χ2v) is 25.8. The van der Waals surface area contributed by atoms with Crippen molar-refractivity contribution in [1.82, 2.24) is 24.9 Å². The maximum atomic E-state index is 11.8. The average Bonchev–Trinajstić information content (AvgIpc) is 4.51. The summed E-state index contributed by atoms with van der Waals surface area (Å²) in [7, 11) is -1.13. The number of benzene rings is 4. The zero-order chi connectivity index (χ0) is 63.8. The number of aromatic nitrogens is 5. The number of thiazole rings is 5. The largest absolute Gasteiger partial charge is 1.00 e. The number of anilines is 5. The quantitative estimate of drug-likeness (QED) is 0.0304. The van der Waals surface area contributed by atoms with Crippen LogP contribution in [0.1, 0.15) is 83.0 Å². The molecule has 31 heteroatoms. The number of carbonyl (C=O) groups excluding carboxylic acids is 4. The van der Waals surface area contributed by atoms with Gasteiger partial charge in [-0.15, -0.1) is 40.5 Å². The summed E-state index contributed by atoms with van der Waals surface area (Å²) in [5, 5.41) is 17.5. The van der Waals surface area contributed by atoms with Crippen LogP contribution in [0.15, 0.2) is 173 Å². The summed E-state index contributed by atoms with van der Waals surface area (Å²) < 4.78 is 26.9. The first-order chi connectivity index (χ1) is 40.5. The minimum atomic E-state index is -1.06. The molecule has 464 valence electrons. The van der Waals surface area contributed by atoms with Gasteiger partial charge in [0.05, 0.1) is 64.8 Å². The van der Waals surface area contributed by atoms with Gasteiger partial charge in [-0.2, -0.15) is 6.26 Å². The van der Waals surface area contributed by atoms with E-state index in [0.29, 0.717) is 56.3 Å². The van der Waals surface area contributed by atoms with Crippen LogP contribution in [-0.2, 0) is 34.2 Å². The van der Waals surface area contributed by atoms with Crippen LogP contribution in [0.25, 0.3) is 0 Å². The molecule has 8 N–H and O–H groups in total. The predicted molar refractivity (Wildman–Crippen MR) is 381 cm³/mol. The summed E-state index contributed by atoms with van der Waals surface area (Å²) in [4.78, 5) is 65.5. The van der Waals surface area contributed by atoms with E-state index in [0.717, 1.165) is 15.1 Å². The minimum Gasteiger partial charge on any atom is -0.796 e. The van der Waals surface area contributed by atoms with Crippen molar-refractivity contribution in [3.8, 4) is 0 Å². The fourth-order valence-corrected chi connectivity index (χ4v) is 11.3. The van der Waals surface area contributed by atoms with Crippen LogP contribution in [-0.4, -0.2) is 99.8 Å². The van der Waals surface area contributed by atoms with Crippen molar-refractivity contribution in [2.45, 2.75) is 58.4 Å². The number of carbonyl (C=O) groups is 4. The number of amides is 3. The van der Waals surface area contributed by atoms with Crippen molar-refractivity contribution in [3.05, 3.63) is 178 Å². The Balaban J connectivity index is -0.000000464. The van der Waals surface area contributed by atoms with Crippen molar-refractivity contribution in [3.63, 3.8) is 0 Å². The van der Waals surface area contributed by atoms with E-state index in [1.165, 1.54) is 73.3 Å². The van der Waals surface area contributed by atoms with Crippen molar-refractivity contribution < 1.29 is 62.3 Å². The van der Waals surface area contributed by atoms with Gasteiger partial charge in [-0.05, 0) is 76.4 Å². The van der Waals surface area contributed by atoms with Gasteiger partial charge in [0.1, 0.15) is 8.42 Å².